The molecule has 0 aliphatic carbocycles. The number of furan rings is 1. The lowest BCUT2D eigenvalue weighted by molar-refractivity contribution is -0.660. The highest BCUT2D eigenvalue weighted by Crippen LogP contribution is 2.37. The third-order valence-corrected chi connectivity index (χ3v) is 5.19. The molecule has 0 amide bonds. The zero-order valence-corrected chi connectivity index (χ0v) is 17.2. The second-order valence-electron chi connectivity index (χ2n) is 9.01. The summed E-state index contributed by atoms with van der Waals surface area (Å²) in [7, 11) is 2.13. The number of hydrogen-bond acceptors (Lipinski definition) is 1. The number of rotatable bonds is 2. The van der Waals surface area contributed by atoms with Crippen LogP contribution in [0.2, 0.25) is 0 Å². The average molecular weight is 359 g/mol. The molecule has 4 aromatic rings. The minimum Gasteiger partial charge on any atom is -0.455 e. The van der Waals surface area contributed by atoms with Crippen molar-refractivity contribution in [2.75, 3.05) is 0 Å². The fourth-order valence-electron chi connectivity index (χ4n) is 4.01. The van der Waals surface area contributed by atoms with Gasteiger partial charge >= 0.3 is 0 Å². The molecule has 2 heteroatoms. The molecule has 0 aliphatic heterocycles. The molecule has 0 fully saturated rings. The number of benzene rings is 2. The van der Waals surface area contributed by atoms with Crippen molar-refractivity contribution in [2.45, 2.75) is 41.0 Å². The third kappa shape index (κ3) is 3.25. The average Bonchev–Trinajstić information content (AvgIpc) is 2.92. The monoisotopic (exact) mass is 358 g/mol. The lowest BCUT2D eigenvalue weighted by Gasteiger charge is -2.17. The van der Waals surface area contributed by atoms with Crippen LogP contribution in [0, 0.1) is 19.3 Å². The maximum Gasteiger partial charge on any atom is 0.216 e. The molecule has 27 heavy (non-hydrogen) atoms. The molecule has 0 spiro atoms. The highest BCUT2D eigenvalue weighted by atomic mass is 16.3. The molecule has 0 bridgehead atoms. The molecule has 0 saturated heterocycles. The molecule has 4 rings (SSSR count). The van der Waals surface area contributed by atoms with Gasteiger partial charge in [0, 0.05) is 22.4 Å². The van der Waals surface area contributed by atoms with Crippen molar-refractivity contribution in [2.24, 2.45) is 12.5 Å². The molecule has 2 heterocycles. The molecular formula is C25H28NO+. The number of fused-ring (bicyclic) bond motifs is 3. The first-order valence-electron chi connectivity index (χ1n) is 9.64. The van der Waals surface area contributed by atoms with Gasteiger partial charge in [-0.15, -0.1) is 0 Å². The van der Waals surface area contributed by atoms with Crippen molar-refractivity contribution in [1.29, 1.82) is 0 Å². The quantitative estimate of drug-likeness (QED) is 0.385. The van der Waals surface area contributed by atoms with Crippen molar-refractivity contribution < 1.29 is 8.98 Å². The first-order chi connectivity index (χ1) is 12.7. The van der Waals surface area contributed by atoms with Crippen molar-refractivity contribution in [1.82, 2.24) is 0 Å². The summed E-state index contributed by atoms with van der Waals surface area (Å²) in [6, 6.07) is 15.3. The van der Waals surface area contributed by atoms with E-state index in [-0.39, 0.29) is 5.41 Å². The molecule has 0 radical (unpaired) electrons. The SMILES string of the molecule is Cc1ccc2oc3c(-c4ccc(CC(C)(C)C)c[n+]4C)c(C)ccc3c2c1. The molecule has 0 saturated carbocycles. The predicted molar refractivity (Wildman–Crippen MR) is 113 cm³/mol. The van der Waals surface area contributed by atoms with Crippen LogP contribution in [0.3, 0.4) is 0 Å². The van der Waals surface area contributed by atoms with Gasteiger partial charge in [0.1, 0.15) is 18.2 Å². The predicted octanol–water partition coefficient (Wildman–Crippen LogP) is 6.28. The van der Waals surface area contributed by atoms with Crippen LogP contribution in [0.5, 0.6) is 0 Å². The topological polar surface area (TPSA) is 17.0 Å². The van der Waals surface area contributed by atoms with Crippen molar-refractivity contribution in [3.05, 3.63) is 65.4 Å². The maximum absolute atomic E-state index is 6.33. The van der Waals surface area contributed by atoms with Gasteiger partial charge < -0.3 is 4.42 Å². The molecule has 0 aliphatic rings. The van der Waals surface area contributed by atoms with Crippen molar-refractivity contribution >= 4 is 21.9 Å². The zero-order valence-electron chi connectivity index (χ0n) is 17.2. The Balaban J connectivity index is 1.93. The minimum absolute atomic E-state index is 0.279. The molecule has 0 unspecified atom stereocenters. The van der Waals surface area contributed by atoms with Gasteiger partial charge in [-0.1, -0.05) is 44.5 Å². The second-order valence-corrected chi connectivity index (χ2v) is 9.01. The fourth-order valence-corrected chi connectivity index (χ4v) is 4.01. The Morgan fingerprint density at radius 1 is 0.926 bits per heavy atom. The highest BCUT2D eigenvalue weighted by Gasteiger charge is 2.22. The summed E-state index contributed by atoms with van der Waals surface area (Å²) in [6.45, 7) is 11.1. The maximum atomic E-state index is 6.33. The van der Waals surface area contributed by atoms with E-state index >= 15 is 0 Å². The highest BCUT2D eigenvalue weighted by molar-refractivity contribution is 6.09. The largest absolute Gasteiger partial charge is 0.455 e. The fraction of sp³-hybridized carbons (Fsp3) is 0.320. The van der Waals surface area contributed by atoms with E-state index in [9.17, 15) is 0 Å². The molecule has 2 aromatic carbocycles. The van der Waals surface area contributed by atoms with Crippen LogP contribution in [0.25, 0.3) is 33.2 Å². The van der Waals surface area contributed by atoms with Crippen molar-refractivity contribution in [3.8, 4) is 11.3 Å². The summed E-state index contributed by atoms with van der Waals surface area (Å²) in [6.07, 6.45) is 3.32. The summed E-state index contributed by atoms with van der Waals surface area (Å²) in [5, 5.41) is 2.38. The van der Waals surface area contributed by atoms with E-state index in [1.807, 2.05) is 0 Å². The van der Waals surface area contributed by atoms with Gasteiger partial charge in [-0.25, -0.2) is 4.57 Å². The van der Waals surface area contributed by atoms with E-state index in [2.05, 4.69) is 94.9 Å². The Morgan fingerprint density at radius 3 is 2.41 bits per heavy atom. The summed E-state index contributed by atoms with van der Waals surface area (Å²) in [5.74, 6) is 0. The van der Waals surface area contributed by atoms with Gasteiger partial charge in [-0.3, -0.25) is 0 Å². The zero-order chi connectivity index (χ0) is 19.3. The lowest BCUT2D eigenvalue weighted by atomic mass is 9.88. The summed E-state index contributed by atoms with van der Waals surface area (Å²) < 4.78 is 8.56. The number of aromatic nitrogens is 1. The van der Waals surface area contributed by atoms with E-state index in [1.165, 1.54) is 38.7 Å². The Morgan fingerprint density at radius 2 is 1.70 bits per heavy atom. The molecule has 2 aromatic heterocycles. The van der Waals surface area contributed by atoms with Crippen LogP contribution in [0.1, 0.15) is 37.5 Å². The Labute approximate surface area is 161 Å². The van der Waals surface area contributed by atoms with Crippen LogP contribution in [-0.4, -0.2) is 0 Å². The smallest absolute Gasteiger partial charge is 0.216 e. The van der Waals surface area contributed by atoms with Crippen molar-refractivity contribution in [3.63, 3.8) is 0 Å². The summed E-state index contributed by atoms with van der Waals surface area (Å²) in [4.78, 5) is 0. The van der Waals surface area contributed by atoms with E-state index < -0.39 is 0 Å². The standard InChI is InChI=1S/C25H28NO/c1-16-7-12-22-20(13-16)19-10-8-17(2)23(24(19)27-22)21-11-9-18(15-26(21)6)14-25(3,4)5/h7-13,15H,14H2,1-6H3/q+1. The number of pyridine rings is 1. The van der Waals surface area contributed by atoms with Gasteiger partial charge in [0.05, 0.1) is 5.56 Å². The summed E-state index contributed by atoms with van der Waals surface area (Å²) >= 11 is 0. The van der Waals surface area contributed by atoms with E-state index in [0.29, 0.717) is 0 Å². The van der Waals surface area contributed by atoms with Gasteiger partial charge in [-0.05, 0) is 49.4 Å². The van der Waals surface area contributed by atoms with Gasteiger partial charge in [-0.2, -0.15) is 0 Å². The van der Waals surface area contributed by atoms with E-state index in [0.717, 1.165) is 17.6 Å². The number of nitrogens with zero attached hydrogens (tertiary/aromatic N) is 1. The number of hydrogen-bond donors (Lipinski definition) is 0. The minimum atomic E-state index is 0.279. The molecule has 0 atom stereocenters. The number of aryl methyl sites for hydroxylation is 3. The second kappa shape index (κ2) is 6.23. The first kappa shape index (κ1) is 17.8. The van der Waals surface area contributed by atoms with Crippen LogP contribution in [0.4, 0.5) is 0 Å². The van der Waals surface area contributed by atoms with Gasteiger partial charge in [0.25, 0.3) is 0 Å². The Bertz CT molecular complexity index is 1160. The van der Waals surface area contributed by atoms with E-state index in [1.54, 1.807) is 0 Å². The Kier molecular flexibility index (Phi) is 4.10. The normalized spacial score (nSPS) is 12.2. The Hall–Kier alpha value is -2.61. The molecule has 0 N–H and O–H groups in total. The van der Waals surface area contributed by atoms with Gasteiger partial charge in [0.2, 0.25) is 5.69 Å². The summed E-state index contributed by atoms with van der Waals surface area (Å²) in [5.41, 5.74) is 8.43. The third-order valence-electron chi connectivity index (χ3n) is 5.19. The van der Waals surface area contributed by atoms with Gasteiger partial charge in [0.15, 0.2) is 6.20 Å². The van der Waals surface area contributed by atoms with E-state index in [4.69, 9.17) is 4.42 Å². The molecular weight excluding hydrogens is 330 g/mol. The molecule has 2 nitrogen and oxygen atoms in total. The van der Waals surface area contributed by atoms with Crippen LogP contribution < -0.4 is 4.57 Å². The lowest BCUT2D eigenvalue weighted by Crippen LogP contribution is -2.32. The van der Waals surface area contributed by atoms with Crippen LogP contribution >= 0.6 is 0 Å². The van der Waals surface area contributed by atoms with Crippen LogP contribution in [-0.2, 0) is 13.5 Å². The molecule has 138 valence electrons. The first-order valence-corrected chi connectivity index (χ1v) is 9.64. The van der Waals surface area contributed by atoms with Crippen LogP contribution in [0.15, 0.2) is 53.1 Å².